The molecule has 0 saturated heterocycles. The highest BCUT2D eigenvalue weighted by molar-refractivity contribution is 5.48. The molecule has 2 atom stereocenters. The number of nitrogen functional groups attached to an aromatic ring is 1. The molecule has 0 aromatic carbocycles. The Morgan fingerprint density at radius 1 is 1.41 bits per heavy atom. The van der Waals surface area contributed by atoms with Crippen LogP contribution in [0, 0.1) is 12.8 Å². The van der Waals surface area contributed by atoms with Crippen molar-refractivity contribution >= 4 is 5.69 Å². The number of hydrogen-bond donors (Lipinski definition) is 1. The average molecular weight is 234 g/mol. The van der Waals surface area contributed by atoms with Crippen LogP contribution in [0.15, 0.2) is 12.1 Å². The van der Waals surface area contributed by atoms with Crippen molar-refractivity contribution in [1.29, 1.82) is 0 Å². The summed E-state index contributed by atoms with van der Waals surface area (Å²) in [6.07, 6.45) is 6.42. The molecule has 17 heavy (non-hydrogen) atoms. The topological polar surface area (TPSA) is 48.1 Å². The summed E-state index contributed by atoms with van der Waals surface area (Å²) in [5, 5.41) is 0. The van der Waals surface area contributed by atoms with Gasteiger partial charge < -0.3 is 10.5 Å². The summed E-state index contributed by atoms with van der Waals surface area (Å²) in [5.74, 6) is 1.42. The SMILES string of the molecule is CCC1CCCC(Oc2nc(C)ccc2N)C1. The molecule has 2 unspecified atom stereocenters. The molecule has 1 saturated carbocycles. The van der Waals surface area contributed by atoms with E-state index in [0.29, 0.717) is 17.7 Å². The number of aryl methyl sites for hydroxylation is 1. The van der Waals surface area contributed by atoms with Gasteiger partial charge in [-0.25, -0.2) is 4.98 Å². The Kier molecular flexibility index (Phi) is 3.87. The van der Waals surface area contributed by atoms with Crippen LogP contribution in [0.2, 0.25) is 0 Å². The Bertz CT molecular complexity index is 378. The fraction of sp³-hybridized carbons (Fsp3) is 0.643. The molecule has 1 aromatic rings. The van der Waals surface area contributed by atoms with Gasteiger partial charge in [-0.2, -0.15) is 0 Å². The summed E-state index contributed by atoms with van der Waals surface area (Å²) in [7, 11) is 0. The van der Waals surface area contributed by atoms with Crippen molar-refractivity contribution < 1.29 is 4.74 Å². The quantitative estimate of drug-likeness (QED) is 0.872. The molecular weight excluding hydrogens is 212 g/mol. The van der Waals surface area contributed by atoms with Gasteiger partial charge in [0.2, 0.25) is 5.88 Å². The van der Waals surface area contributed by atoms with E-state index in [0.717, 1.165) is 24.5 Å². The third-order valence-electron chi connectivity index (χ3n) is 3.62. The predicted molar refractivity (Wildman–Crippen MR) is 70.1 cm³/mol. The van der Waals surface area contributed by atoms with E-state index in [1.54, 1.807) is 0 Å². The molecule has 0 amide bonds. The number of pyridine rings is 1. The maximum atomic E-state index is 5.96. The smallest absolute Gasteiger partial charge is 0.237 e. The number of anilines is 1. The maximum Gasteiger partial charge on any atom is 0.237 e. The van der Waals surface area contributed by atoms with E-state index in [9.17, 15) is 0 Å². The molecule has 2 rings (SSSR count). The van der Waals surface area contributed by atoms with E-state index in [4.69, 9.17) is 10.5 Å². The third-order valence-corrected chi connectivity index (χ3v) is 3.62. The first kappa shape index (κ1) is 12.2. The van der Waals surface area contributed by atoms with Crippen LogP contribution in [0.25, 0.3) is 0 Å². The van der Waals surface area contributed by atoms with Crippen molar-refractivity contribution in [3.05, 3.63) is 17.8 Å². The van der Waals surface area contributed by atoms with Gasteiger partial charge in [0.1, 0.15) is 6.10 Å². The van der Waals surface area contributed by atoms with Crippen molar-refractivity contribution in [3.8, 4) is 5.88 Å². The fourth-order valence-corrected chi connectivity index (χ4v) is 2.52. The van der Waals surface area contributed by atoms with Crippen molar-refractivity contribution in [2.75, 3.05) is 5.73 Å². The highest BCUT2D eigenvalue weighted by atomic mass is 16.5. The molecule has 0 aliphatic heterocycles. The predicted octanol–water partition coefficient (Wildman–Crippen LogP) is 3.32. The first-order valence-electron chi connectivity index (χ1n) is 6.58. The molecule has 0 spiro atoms. The highest BCUT2D eigenvalue weighted by Crippen LogP contribution is 2.30. The first-order valence-corrected chi connectivity index (χ1v) is 6.58. The number of hydrogen-bond acceptors (Lipinski definition) is 3. The summed E-state index contributed by atoms with van der Waals surface area (Å²) in [5.41, 5.74) is 7.49. The van der Waals surface area contributed by atoms with Crippen LogP contribution in [0.1, 0.15) is 44.7 Å². The van der Waals surface area contributed by atoms with Gasteiger partial charge in [-0.1, -0.05) is 19.8 Å². The van der Waals surface area contributed by atoms with E-state index in [2.05, 4.69) is 11.9 Å². The third kappa shape index (κ3) is 3.11. The number of ether oxygens (including phenoxy) is 1. The van der Waals surface area contributed by atoms with E-state index in [1.165, 1.54) is 19.3 Å². The molecule has 1 aliphatic carbocycles. The molecular formula is C14H22N2O. The van der Waals surface area contributed by atoms with Gasteiger partial charge in [0.15, 0.2) is 0 Å². The zero-order valence-corrected chi connectivity index (χ0v) is 10.8. The normalized spacial score (nSPS) is 24.6. The summed E-state index contributed by atoms with van der Waals surface area (Å²) < 4.78 is 5.96. The van der Waals surface area contributed by atoms with Gasteiger partial charge in [0, 0.05) is 5.69 Å². The number of rotatable bonds is 3. The summed E-state index contributed by atoms with van der Waals surface area (Å²) in [6.45, 7) is 4.22. The molecule has 1 heterocycles. The number of nitrogens with two attached hydrogens (primary N) is 1. The molecule has 1 fully saturated rings. The summed E-state index contributed by atoms with van der Waals surface area (Å²) >= 11 is 0. The van der Waals surface area contributed by atoms with E-state index in [1.807, 2.05) is 19.1 Å². The van der Waals surface area contributed by atoms with E-state index < -0.39 is 0 Å². The first-order chi connectivity index (χ1) is 8.19. The standard InChI is InChI=1S/C14H22N2O/c1-3-11-5-4-6-12(9-11)17-14-13(15)8-7-10(2)16-14/h7-8,11-12H,3-6,9,15H2,1-2H3. The van der Waals surface area contributed by atoms with Crippen molar-refractivity contribution in [1.82, 2.24) is 4.98 Å². The lowest BCUT2D eigenvalue weighted by Gasteiger charge is -2.28. The average Bonchev–Trinajstić information content (AvgIpc) is 2.34. The highest BCUT2D eigenvalue weighted by Gasteiger charge is 2.23. The van der Waals surface area contributed by atoms with Crippen molar-refractivity contribution in [2.45, 2.75) is 52.1 Å². The zero-order chi connectivity index (χ0) is 12.3. The summed E-state index contributed by atoms with van der Waals surface area (Å²) in [6, 6.07) is 3.79. The minimum absolute atomic E-state index is 0.297. The molecule has 94 valence electrons. The van der Waals surface area contributed by atoms with Crippen LogP contribution >= 0.6 is 0 Å². The van der Waals surface area contributed by atoms with Crippen LogP contribution < -0.4 is 10.5 Å². The largest absolute Gasteiger partial charge is 0.473 e. The second-order valence-electron chi connectivity index (χ2n) is 5.03. The molecule has 1 aliphatic rings. The molecule has 2 N–H and O–H groups in total. The summed E-state index contributed by atoms with van der Waals surface area (Å²) in [4.78, 5) is 4.37. The second-order valence-corrected chi connectivity index (χ2v) is 5.03. The monoisotopic (exact) mass is 234 g/mol. The van der Waals surface area contributed by atoms with Crippen molar-refractivity contribution in [2.24, 2.45) is 5.92 Å². The fourth-order valence-electron chi connectivity index (χ4n) is 2.52. The zero-order valence-electron chi connectivity index (χ0n) is 10.8. The molecule has 0 radical (unpaired) electrons. The molecule has 1 aromatic heterocycles. The van der Waals surface area contributed by atoms with Gasteiger partial charge in [0.25, 0.3) is 0 Å². The van der Waals surface area contributed by atoms with E-state index in [-0.39, 0.29) is 0 Å². The molecule has 3 nitrogen and oxygen atoms in total. The Morgan fingerprint density at radius 3 is 3.00 bits per heavy atom. The Labute approximate surface area is 103 Å². The van der Waals surface area contributed by atoms with Gasteiger partial charge in [-0.05, 0) is 44.2 Å². The lowest BCUT2D eigenvalue weighted by atomic mass is 9.85. The van der Waals surface area contributed by atoms with Gasteiger partial charge in [0.05, 0.1) is 5.69 Å². The maximum absolute atomic E-state index is 5.96. The minimum atomic E-state index is 0.297. The number of nitrogens with zero attached hydrogens (tertiary/aromatic N) is 1. The Morgan fingerprint density at radius 2 is 2.24 bits per heavy atom. The Balaban J connectivity index is 2.02. The van der Waals surface area contributed by atoms with Crippen LogP contribution in [0.3, 0.4) is 0 Å². The van der Waals surface area contributed by atoms with Crippen LogP contribution in [0.5, 0.6) is 5.88 Å². The molecule has 0 bridgehead atoms. The number of aromatic nitrogens is 1. The molecule has 3 heteroatoms. The van der Waals surface area contributed by atoms with Gasteiger partial charge in [-0.15, -0.1) is 0 Å². The van der Waals surface area contributed by atoms with Crippen LogP contribution in [-0.4, -0.2) is 11.1 Å². The van der Waals surface area contributed by atoms with E-state index >= 15 is 0 Å². The van der Waals surface area contributed by atoms with Gasteiger partial charge >= 0.3 is 0 Å². The lowest BCUT2D eigenvalue weighted by molar-refractivity contribution is 0.118. The van der Waals surface area contributed by atoms with Crippen LogP contribution in [0.4, 0.5) is 5.69 Å². The Hall–Kier alpha value is -1.25. The van der Waals surface area contributed by atoms with Crippen molar-refractivity contribution in [3.63, 3.8) is 0 Å². The lowest BCUT2D eigenvalue weighted by Crippen LogP contribution is -2.25. The minimum Gasteiger partial charge on any atom is -0.473 e. The second kappa shape index (κ2) is 5.39. The van der Waals surface area contributed by atoms with Crippen LogP contribution in [-0.2, 0) is 0 Å². The van der Waals surface area contributed by atoms with Gasteiger partial charge in [-0.3, -0.25) is 0 Å².